The fraction of sp³-hybridized carbons (Fsp3) is 0.440. The molecule has 1 aromatic carbocycles. The maximum atomic E-state index is 12.9. The number of amides is 2. The van der Waals surface area contributed by atoms with Gasteiger partial charge in [0.15, 0.2) is 21.3 Å². The average Bonchev–Trinajstić information content (AvgIpc) is 2.71. The first kappa shape index (κ1) is 27.8. The van der Waals surface area contributed by atoms with Gasteiger partial charge in [-0.2, -0.15) is 4.90 Å². The van der Waals surface area contributed by atoms with Gasteiger partial charge in [-0.05, 0) is 73.4 Å². The van der Waals surface area contributed by atoms with Crippen LogP contribution in [0.3, 0.4) is 0 Å². The normalized spacial score (nSPS) is 12.1. The number of ether oxygens (including phenoxy) is 2. The predicted octanol–water partition coefficient (Wildman–Crippen LogP) is 4.98. The van der Waals surface area contributed by atoms with Gasteiger partial charge >= 0.3 is 12.2 Å². The van der Waals surface area contributed by atoms with Crippen molar-refractivity contribution < 1.29 is 27.5 Å². The van der Waals surface area contributed by atoms with Crippen molar-refractivity contribution in [1.82, 2.24) is 9.97 Å². The van der Waals surface area contributed by atoms with E-state index in [4.69, 9.17) is 15.9 Å². The summed E-state index contributed by atoms with van der Waals surface area (Å²) in [4.78, 5) is 35.2. The van der Waals surface area contributed by atoms with Crippen LogP contribution in [0.4, 0.5) is 15.4 Å². The SMILES string of the molecule is C#Cc1nc(-c2ccc(S(=O)(=O)C(C)C)cc2)cnc1N(C(=O)OC(C)(C)C)C(=O)OC(C)(C)C. The first-order valence-corrected chi connectivity index (χ1v) is 12.4. The molecule has 0 aliphatic heterocycles. The lowest BCUT2D eigenvalue weighted by atomic mass is 10.1. The Morgan fingerprint density at radius 1 is 0.971 bits per heavy atom. The third-order valence-corrected chi connectivity index (χ3v) is 6.52. The van der Waals surface area contributed by atoms with E-state index in [-0.39, 0.29) is 16.4 Å². The summed E-state index contributed by atoms with van der Waals surface area (Å²) in [6.07, 6.45) is 4.93. The topological polar surface area (TPSA) is 116 Å². The Morgan fingerprint density at radius 3 is 1.86 bits per heavy atom. The molecule has 0 spiro atoms. The van der Waals surface area contributed by atoms with Gasteiger partial charge in [0.1, 0.15) is 11.2 Å². The highest BCUT2D eigenvalue weighted by molar-refractivity contribution is 7.92. The van der Waals surface area contributed by atoms with Gasteiger partial charge in [-0.1, -0.05) is 12.1 Å². The Balaban J connectivity index is 2.54. The lowest BCUT2D eigenvalue weighted by Gasteiger charge is -2.28. The van der Waals surface area contributed by atoms with E-state index in [0.717, 1.165) is 0 Å². The predicted molar refractivity (Wildman–Crippen MR) is 133 cm³/mol. The van der Waals surface area contributed by atoms with Gasteiger partial charge < -0.3 is 9.47 Å². The van der Waals surface area contributed by atoms with E-state index in [1.807, 2.05) is 0 Å². The van der Waals surface area contributed by atoms with E-state index in [9.17, 15) is 18.0 Å². The summed E-state index contributed by atoms with van der Waals surface area (Å²) in [7, 11) is -3.43. The number of carbonyl (C=O) groups excluding carboxylic acids is 2. The molecule has 9 nitrogen and oxygen atoms in total. The number of benzene rings is 1. The Kier molecular flexibility index (Phi) is 7.97. The van der Waals surface area contributed by atoms with Gasteiger partial charge in [-0.15, -0.1) is 6.42 Å². The molecular formula is C25H31N3O6S. The number of nitrogens with zero attached hydrogens (tertiary/aromatic N) is 3. The first-order chi connectivity index (χ1) is 16.0. The molecule has 0 bridgehead atoms. The van der Waals surface area contributed by atoms with Crippen LogP contribution in [0, 0.1) is 12.3 Å². The third-order valence-electron chi connectivity index (χ3n) is 4.35. The smallest absolute Gasteiger partial charge is 0.425 e. The van der Waals surface area contributed by atoms with Crippen molar-refractivity contribution in [2.75, 3.05) is 4.90 Å². The van der Waals surface area contributed by atoms with Crippen LogP contribution in [0.1, 0.15) is 61.1 Å². The molecular weight excluding hydrogens is 470 g/mol. The number of hydrogen-bond donors (Lipinski definition) is 0. The summed E-state index contributed by atoms with van der Waals surface area (Å²) in [5.41, 5.74) is -1.04. The highest BCUT2D eigenvalue weighted by Gasteiger charge is 2.35. The van der Waals surface area contributed by atoms with Crippen LogP contribution < -0.4 is 4.90 Å². The maximum absolute atomic E-state index is 12.9. The molecule has 188 valence electrons. The van der Waals surface area contributed by atoms with Gasteiger partial charge in [0.05, 0.1) is 22.0 Å². The van der Waals surface area contributed by atoms with Crippen molar-refractivity contribution in [3.8, 4) is 23.6 Å². The van der Waals surface area contributed by atoms with Crippen molar-refractivity contribution in [1.29, 1.82) is 0 Å². The molecule has 0 atom stereocenters. The van der Waals surface area contributed by atoms with Crippen LogP contribution in [0.25, 0.3) is 11.3 Å². The Bertz CT molecular complexity index is 1220. The molecule has 1 heterocycles. The van der Waals surface area contributed by atoms with Crippen molar-refractivity contribution in [3.05, 3.63) is 36.2 Å². The molecule has 0 saturated carbocycles. The summed E-state index contributed by atoms with van der Waals surface area (Å²) in [6.45, 7) is 13.1. The summed E-state index contributed by atoms with van der Waals surface area (Å²) >= 11 is 0. The third kappa shape index (κ3) is 7.02. The summed E-state index contributed by atoms with van der Waals surface area (Å²) < 4.78 is 35.5. The Hall–Kier alpha value is -3.45. The maximum Gasteiger partial charge on any atom is 0.425 e. The number of sulfone groups is 1. The number of hydrogen-bond acceptors (Lipinski definition) is 8. The van der Waals surface area contributed by atoms with Gasteiger partial charge in [0, 0.05) is 5.56 Å². The molecule has 0 aliphatic rings. The molecule has 0 fully saturated rings. The van der Waals surface area contributed by atoms with Crippen LogP contribution in [0.2, 0.25) is 0 Å². The fourth-order valence-corrected chi connectivity index (χ4v) is 3.79. The summed E-state index contributed by atoms with van der Waals surface area (Å²) in [6, 6.07) is 6.12. The largest absolute Gasteiger partial charge is 0.443 e. The second-order valence-corrected chi connectivity index (χ2v) is 12.5. The molecule has 0 N–H and O–H groups in total. The zero-order valence-electron chi connectivity index (χ0n) is 21.2. The van der Waals surface area contributed by atoms with E-state index in [2.05, 4.69) is 15.9 Å². The molecule has 0 unspecified atom stereocenters. The Labute approximate surface area is 206 Å². The molecule has 1 aromatic heterocycles. The van der Waals surface area contributed by atoms with E-state index in [1.165, 1.54) is 18.3 Å². The minimum atomic E-state index is -3.43. The second-order valence-electron chi connectivity index (χ2n) is 9.99. The Morgan fingerprint density at radius 2 is 1.46 bits per heavy atom. The van der Waals surface area contributed by atoms with E-state index >= 15 is 0 Å². The zero-order chi connectivity index (χ0) is 26.8. The lowest BCUT2D eigenvalue weighted by molar-refractivity contribution is 0.0428. The van der Waals surface area contributed by atoms with Gasteiger partial charge in [-0.3, -0.25) is 0 Å². The number of carbonyl (C=O) groups is 2. The van der Waals surface area contributed by atoms with Crippen LogP contribution in [0.15, 0.2) is 35.4 Å². The lowest BCUT2D eigenvalue weighted by Crippen LogP contribution is -2.44. The average molecular weight is 502 g/mol. The van der Waals surface area contributed by atoms with Gasteiger partial charge in [0.25, 0.3) is 0 Å². The second kappa shape index (κ2) is 10.0. The van der Waals surface area contributed by atoms with Crippen molar-refractivity contribution in [2.45, 2.75) is 76.7 Å². The zero-order valence-corrected chi connectivity index (χ0v) is 22.1. The quantitative estimate of drug-likeness (QED) is 0.539. The van der Waals surface area contributed by atoms with Gasteiger partial charge in [-0.25, -0.2) is 28.0 Å². The number of rotatable bonds is 4. The summed E-state index contributed by atoms with van der Waals surface area (Å²) in [5, 5.41) is -0.563. The molecule has 0 radical (unpaired) electrons. The molecule has 35 heavy (non-hydrogen) atoms. The molecule has 10 heteroatoms. The molecule has 2 rings (SSSR count). The van der Waals surface area contributed by atoms with Crippen LogP contribution in [0.5, 0.6) is 0 Å². The van der Waals surface area contributed by atoms with Crippen molar-refractivity contribution in [2.24, 2.45) is 0 Å². The van der Waals surface area contributed by atoms with Crippen LogP contribution in [-0.2, 0) is 19.3 Å². The minimum absolute atomic E-state index is 0.0990. The standard InChI is InChI=1S/C25H31N3O6S/c1-10-19-21(28(22(29)33-24(4,5)6)23(30)34-25(7,8)9)26-15-20(27-19)17-11-13-18(14-12-17)35(31,32)16(2)3/h1,11-16H,2-9H3. The summed E-state index contributed by atoms with van der Waals surface area (Å²) in [5.74, 6) is 2.12. The first-order valence-electron chi connectivity index (χ1n) is 10.9. The van der Waals surface area contributed by atoms with Crippen LogP contribution >= 0.6 is 0 Å². The van der Waals surface area contributed by atoms with Gasteiger partial charge in [0.2, 0.25) is 0 Å². The fourth-order valence-electron chi connectivity index (χ4n) is 2.73. The van der Waals surface area contributed by atoms with Crippen LogP contribution in [-0.4, -0.2) is 47.0 Å². The molecule has 2 amide bonds. The minimum Gasteiger partial charge on any atom is -0.443 e. The van der Waals surface area contributed by atoms with Crippen molar-refractivity contribution in [3.63, 3.8) is 0 Å². The highest BCUT2D eigenvalue weighted by atomic mass is 32.2. The monoisotopic (exact) mass is 501 g/mol. The molecule has 0 saturated heterocycles. The number of terminal acetylenes is 1. The molecule has 0 aliphatic carbocycles. The van der Waals surface area contributed by atoms with E-state index in [1.54, 1.807) is 67.5 Å². The van der Waals surface area contributed by atoms with E-state index < -0.39 is 38.5 Å². The van der Waals surface area contributed by atoms with Crippen molar-refractivity contribution >= 4 is 27.8 Å². The number of aromatic nitrogens is 2. The highest BCUT2D eigenvalue weighted by Crippen LogP contribution is 2.26. The van der Waals surface area contributed by atoms with E-state index in [0.29, 0.717) is 16.2 Å². The number of imide groups is 1. The molecule has 2 aromatic rings. The number of anilines is 1.